The van der Waals surface area contributed by atoms with Crippen LogP contribution in [0.3, 0.4) is 0 Å². The van der Waals surface area contributed by atoms with Crippen LogP contribution < -0.4 is 9.80 Å². The fourth-order valence-electron chi connectivity index (χ4n) is 4.51. The number of nitro groups is 1. The first-order chi connectivity index (χ1) is 16.9. The average molecular weight is 474 g/mol. The quantitative estimate of drug-likeness (QED) is 0.353. The number of carbonyl (C=O) groups is 2. The summed E-state index contributed by atoms with van der Waals surface area (Å²) in [5.74, 6) is -0.622. The van der Waals surface area contributed by atoms with Gasteiger partial charge >= 0.3 is 6.09 Å². The number of benzene rings is 2. The van der Waals surface area contributed by atoms with Crippen molar-refractivity contribution < 1.29 is 19.2 Å². The van der Waals surface area contributed by atoms with Crippen LogP contribution in [0.2, 0.25) is 0 Å². The SMILES string of the molecule is N#CCN(CC#N)C(=O)c1ccc(N2CCC(N3C(=O)OCc4ccccc43)CC2)c([N+](=O)[O-])c1. The molecule has 2 amide bonds. The van der Waals surface area contributed by atoms with Gasteiger partial charge in [-0.05, 0) is 31.0 Å². The lowest BCUT2D eigenvalue weighted by atomic mass is 9.99. The molecule has 0 bridgehead atoms. The van der Waals surface area contributed by atoms with Crippen molar-refractivity contribution in [2.24, 2.45) is 0 Å². The predicted molar refractivity (Wildman–Crippen MR) is 125 cm³/mol. The van der Waals surface area contributed by atoms with Crippen LogP contribution in [-0.4, -0.2) is 54.0 Å². The Morgan fingerprint density at radius 2 is 1.80 bits per heavy atom. The van der Waals surface area contributed by atoms with E-state index < -0.39 is 16.9 Å². The number of anilines is 2. The highest BCUT2D eigenvalue weighted by atomic mass is 16.6. The fourth-order valence-corrected chi connectivity index (χ4v) is 4.51. The Labute approximate surface area is 201 Å². The lowest BCUT2D eigenvalue weighted by Gasteiger charge is -2.40. The molecule has 0 saturated carbocycles. The molecule has 35 heavy (non-hydrogen) atoms. The summed E-state index contributed by atoms with van der Waals surface area (Å²) in [5.41, 5.74) is 1.95. The first-order valence-electron chi connectivity index (χ1n) is 11.0. The second kappa shape index (κ2) is 10.1. The number of nitro benzene ring substituents is 1. The molecular formula is C24H22N6O5. The smallest absolute Gasteiger partial charge is 0.414 e. The number of piperidine rings is 1. The molecule has 2 aliphatic heterocycles. The fraction of sp³-hybridized carbons (Fsp3) is 0.333. The Bertz CT molecular complexity index is 1230. The van der Waals surface area contributed by atoms with Crippen LogP contribution in [0.5, 0.6) is 0 Å². The van der Waals surface area contributed by atoms with Gasteiger partial charge in [0.15, 0.2) is 0 Å². The van der Waals surface area contributed by atoms with Crippen molar-refractivity contribution in [1.29, 1.82) is 10.5 Å². The van der Waals surface area contributed by atoms with Crippen LogP contribution in [0, 0.1) is 32.8 Å². The maximum Gasteiger partial charge on any atom is 0.414 e. The van der Waals surface area contributed by atoms with E-state index in [1.807, 2.05) is 41.3 Å². The molecule has 2 aliphatic rings. The Kier molecular flexibility index (Phi) is 6.78. The van der Waals surface area contributed by atoms with Gasteiger partial charge in [0.25, 0.3) is 11.6 Å². The lowest BCUT2D eigenvalue weighted by Crippen LogP contribution is -2.49. The normalized spacial score (nSPS) is 15.4. The van der Waals surface area contributed by atoms with Crippen LogP contribution in [0.1, 0.15) is 28.8 Å². The molecule has 2 aromatic carbocycles. The van der Waals surface area contributed by atoms with Gasteiger partial charge in [0.05, 0.1) is 22.7 Å². The Morgan fingerprint density at radius 1 is 1.11 bits per heavy atom. The van der Waals surface area contributed by atoms with E-state index in [0.717, 1.165) is 16.2 Å². The third-order valence-corrected chi connectivity index (χ3v) is 6.20. The zero-order valence-corrected chi connectivity index (χ0v) is 18.8. The van der Waals surface area contributed by atoms with E-state index in [1.165, 1.54) is 18.2 Å². The molecule has 1 saturated heterocycles. The highest BCUT2D eigenvalue weighted by Crippen LogP contribution is 2.35. The molecule has 0 aliphatic carbocycles. The summed E-state index contributed by atoms with van der Waals surface area (Å²) in [6.45, 7) is 0.594. The molecule has 0 N–H and O–H groups in total. The molecule has 1 fully saturated rings. The number of ether oxygens (including phenoxy) is 1. The maximum absolute atomic E-state index is 12.7. The van der Waals surface area contributed by atoms with Gasteiger partial charge < -0.3 is 14.5 Å². The minimum atomic E-state index is -0.622. The highest BCUT2D eigenvalue weighted by molar-refractivity contribution is 5.96. The first kappa shape index (κ1) is 23.5. The monoisotopic (exact) mass is 474 g/mol. The van der Waals surface area contributed by atoms with Gasteiger partial charge in [-0.1, -0.05) is 18.2 Å². The number of para-hydroxylation sites is 1. The molecule has 0 spiro atoms. The first-order valence-corrected chi connectivity index (χ1v) is 11.0. The Morgan fingerprint density at radius 3 is 2.46 bits per heavy atom. The second-order valence-corrected chi connectivity index (χ2v) is 8.21. The van der Waals surface area contributed by atoms with Crippen molar-refractivity contribution in [1.82, 2.24) is 4.90 Å². The number of rotatable bonds is 6. The van der Waals surface area contributed by atoms with Crippen molar-refractivity contribution in [3.05, 3.63) is 63.7 Å². The van der Waals surface area contributed by atoms with Crippen LogP contribution in [0.4, 0.5) is 21.9 Å². The van der Waals surface area contributed by atoms with E-state index in [4.69, 9.17) is 15.3 Å². The van der Waals surface area contributed by atoms with E-state index in [1.54, 1.807) is 4.90 Å². The molecule has 4 rings (SSSR count). The zero-order chi connectivity index (χ0) is 24.9. The van der Waals surface area contributed by atoms with E-state index in [-0.39, 0.29) is 37.0 Å². The summed E-state index contributed by atoms with van der Waals surface area (Å²) >= 11 is 0. The lowest BCUT2D eigenvalue weighted by molar-refractivity contribution is -0.384. The largest absolute Gasteiger partial charge is 0.444 e. The van der Waals surface area contributed by atoms with Crippen LogP contribution in [-0.2, 0) is 11.3 Å². The summed E-state index contributed by atoms with van der Waals surface area (Å²) in [7, 11) is 0. The van der Waals surface area contributed by atoms with E-state index in [2.05, 4.69) is 0 Å². The predicted octanol–water partition coefficient (Wildman–Crippen LogP) is 3.21. The summed E-state index contributed by atoms with van der Waals surface area (Å²) in [6.07, 6.45) is 0.772. The molecule has 2 heterocycles. The van der Waals surface area contributed by atoms with E-state index in [0.29, 0.717) is 31.6 Å². The van der Waals surface area contributed by atoms with E-state index in [9.17, 15) is 19.7 Å². The standard InChI is InChI=1S/C24H22N6O5/c25-9-13-28(14-10-26)23(31)17-5-6-21(22(15-17)30(33)34)27-11-7-19(8-12-27)29-20-4-2-1-3-18(20)16-35-24(29)32/h1-6,15,19H,7-8,11-14,16H2. The maximum atomic E-state index is 12.7. The number of hydrogen-bond donors (Lipinski definition) is 0. The molecule has 178 valence electrons. The Balaban J connectivity index is 1.53. The van der Waals surface area contributed by atoms with Crippen LogP contribution in [0.15, 0.2) is 42.5 Å². The second-order valence-electron chi connectivity index (χ2n) is 8.21. The summed E-state index contributed by atoms with van der Waals surface area (Å²) < 4.78 is 5.33. The summed E-state index contributed by atoms with van der Waals surface area (Å²) in [6, 6.07) is 15.3. The van der Waals surface area contributed by atoms with Crippen molar-refractivity contribution in [3.8, 4) is 12.1 Å². The summed E-state index contributed by atoms with van der Waals surface area (Å²) in [4.78, 5) is 41.1. The molecule has 0 atom stereocenters. The van der Waals surface area contributed by atoms with Gasteiger partial charge in [0.2, 0.25) is 0 Å². The van der Waals surface area contributed by atoms with Crippen molar-refractivity contribution in [3.63, 3.8) is 0 Å². The number of cyclic esters (lactones) is 1. The van der Waals surface area contributed by atoms with Gasteiger partial charge in [-0.25, -0.2) is 4.79 Å². The van der Waals surface area contributed by atoms with Gasteiger partial charge in [0.1, 0.15) is 25.4 Å². The topological polar surface area (TPSA) is 144 Å². The van der Waals surface area contributed by atoms with Crippen LogP contribution in [0.25, 0.3) is 0 Å². The van der Waals surface area contributed by atoms with Gasteiger partial charge in [0, 0.05) is 36.3 Å². The number of fused-ring (bicyclic) bond motifs is 1. The molecule has 2 aromatic rings. The molecule has 0 radical (unpaired) electrons. The van der Waals surface area contributed by atoms with Gasteiger partial charge in [-0.3, -0.25) is 19.8 Å². The Hall–Kier alpha value is -4.64. The third-order valence-electron chi connectivity index (χ3n) is 6.20. The number of nitriles is 2. The van der Waals surface area contributed by atoms with E-state index >= 15 is 0 Å². The highest BCUT2D eigenvalue weighted by Gasteiger charge is 2.35. The van der Waals surface area contributed by atoms with Gasteiger partial charge in [-0.15, -0.1) is 0 Å². The van der Waals surface area contributed by atoms with Gasteiger partial charge in [-0.2, -0.15) is 10.5 Å². The number of nitrogens with zero attached hydrogens (tertiary/aromatic N) is 6. The summed E-state index contributed by atoms with van der Waals surface area (Å²) in [5, 5.41) is 29.6. The number of hydrogen-bond acceptors (Lipinski definition) is 8. The number of carbonyl (C=O) groups excluding carboxylic acids is 2. The molecule has 11 heteroatoms. The molecule has 0 aromatic heterocycles. The van der Waals surface area contributed by atoms with Crippen molar-refractivity contribution in [2.45, 2.75) is 25.5 Å². The van der Waals surface area contributed by atoms with Crippen molar-refractivity contribution in [2.75, 3.05) is 36.0 Å². The van der Waals surface area contributed by atoms with Crippen LogP contribution >= 0.6 is 0 Å². The third kappa shape index (κ3) is 4.70. The average Bonchev–Trinajstić information content (AvgIpc) is 2.88. The number of amides is 2. The molecule has 11 nitrogen and oxygen atoms in total. The van der Waals surface area contributed by atoms with Crippen molar-refractivity contribution >= 4 is 29.1 Å². The molecule has 0 unspecified atom stereocenters. The zero-order valence-electron chi connectivity index (χ0n) is 18.8. The minimum absolute atomic E-state index is 0.0357. The molecular weight excluding hydrogens is 452 g/mol. The minimum Gasteiger partial charge on any atom is -0.444 e.